The number of amides is 1. The minimum atomic E-state index is -0.127. The third-order valence-corrected chi connectivity index (χ3v) is 3.21. The molecule has 1 N–H and O–H groups in total. The number of nitrogens with zero attached hydrogens (tertiary/aromatic N) is 3. The molecule has 0 atom stereocenters. The highest BCUT2D eigenvalue weighted by Crippen LogP contribution is 2.10. The van der Waals surface area contributed by atoms with E-state index in [1.807, 2.05) is 73.2 Å². The first-order valence-electron chi connectivity index (χ1n) is 6.76. The highest BCUT2D eigenvalue weighted by molar-refractivity contribution is 5.83. The molecule has 2 rings (SSSR count). The number of carbonyl (C=O) groups excluding carboxylic acids is 1. The van der Waals surface area contributed by atoms with Gasteiger partial charge in [0.25, 0.3) is 0 Å². The molecule has 0 aliphatic rings. The van der Waals surface area contributed by atoms with Gasteiger partial charge in [-0.05, 0) is 29.8 Å². The SMILES string of the molecule is CN(C)c1ccc(/C=N\NC(=O)Cc2cccn2C)cc1. The average Bonchev–Trinajstić information content (AvgIpc) is 2.85. The molecule has 1 aromatic heterocycles. The minimum Gasteiger partial charge on any atom is -0.378 e. The zero-order chi connectivity index (χ0) is 15.2. The second kappa shape index (κ2) is 6.74. The van der Waals surface area contributed by atoms with Crippen LogP contribution in [-0.4, -0.2) is 30.8 Å². The predicted molar refractivity (Wildman–Crippen MR) is 85.6 cm³/mol. The third kappa shape index (κ3) is 4.21. The Balaban J connectivity index is 1.87. The van der Waals surface area contributed by atoms with Crippen LogP contribution in [0.25, 0.3) is 0 Å². The quantitative estimate of drug-likeness (QED) is 0.672. The van der Waals surface area contributed by atoms with E-state index in [0.29, 0.717) is 6.42 Å². The van der Waals surface area contributed by atoms with Crippen molar-refractivity contribution < 1.29 is 4.79 Å². The molecule has 0 aliphatic heterocycles. The molecule has 0 unspecified atom stereocenters. The number of hydrogen-bond acceptors (Lipinski definition) is 3. The molecular formula is C16H20N4O. The van der Waals surface area contributed by atoms with Gasteiger partial charge in [-0.3, -0.25) is 4.79 Å². The highest BCUT2D eigenvalue weighted by atomic mass is 16.2. The van der Waals surface area contributed by atoms with Crippen LogP contribution in [0.5, 0.6) is 0 Å². The van der Waals surface area contributed by atoms with Gasteiger partial charge in [0.15, 0.2) is 0 Å². The van der Waals surface area contributed by atoms with Crippen LogP contribution in [0.1, 0.15) is 11.3 Å². The second-order valence-electron chi connectivity index (χ2n) is 5.07. The summed E-state index contributed by atoms with van der Waals surface area (Å²) in [7, 11) is 5.90. The van der Waals surface area contributed by atoms with Crippen LogP contribution in [0.4, 0.5) is 5.69 Å². The van der Waals surface area contributed by atoms with E-state index in [4.69, 9.17) is 0 Å². The summed E-state index contributed by atoms with van der Waals surface area (Å²) in [5.41, 5.74) is 5.57. The molecule has 0 radical (unpaired) electrons. The molecule has 0 bridgehead atoms. The molecule has 5 nitrogen and oxygen atoms in total. The van der Waals surface area contributed by atoms with E-state index in [2.05, 4.69) is 10.5 Å². The van der Waals surface area contributed by atoms with Crippen molar-refractivity contribution in [3.05, 3.63) is 53.9 Å². The van der Waals surface area contributed by atoms with E-state index < -0.39 is 0 Å². The standard InChI is InChI=1S/C16H20N4O/c1-19(2)14-8-6-13(7-9-14)12-17-18-16(21)11-15-5-4-10-20(15)3/h4-10,12H,11H2,1-3H3,(H,18,21)/b17-12-. The molecule has 21 heavy (non-hydrogen) atoms. The smallest absolute Gasteiger partial charge is 0.245 e. The zero-order valence-corrected chi connectivity index (χ0v) is 12.6. The molecule has 0 fully saturated rings. The van der Waals surface area contributed by atoms with Gasteiger partial charge in [0.2, 0.25) is 5.91 Å². The van der Waals surface area contributed by atoms with E-state index in [1.54, 1.807) is 6.21 Å². The molecule has 1 amide bonds. The third-order valence-electron chi connectivity index (χ3n) is 3.21. The van der Waals surface area contributed by atoms with Crippen molar-refractivity contribution in [1.29, 1.82) is 0 Å². The average molecular weight is 284 g/mol. The van der Waals surface area contributed by atoms with Crippen molar-refractivity contribution in [2.24, 2.45) is 12.1 Å². The molecule has 5 heteroatoms. The molecule has 1 aromatic carbocycles. The zero-order valence-electron chi connectivity index (χ0n) is 12.6. The summed E-state index contributed by atoms with van der Waals surface area (Å²) < 4.78 is 1.92. The predicted octanol–water partition coefficient (Wildman–Crippen LogP) is 1.78. The summed E-state index contributed by atoms with van der Waals surface area (Å²) in [5, 5.41) is 3.98. The molecular weight excluding hydrogens is 264 g/mol. The number of hydrazone groups is 1. The van der Waals surface area contributed by atoms with Gasteiger partial charge in [-0.15, -0.1) is 0 Å². The molecule has 0 saturated carbocycles. The number of carbonyl (C=O) groups is 1. The largest absolute Gasteiger partial charge is 0.378 e. The van der Waals surface area contributed by atoms with Crippen molar-refractivity contribution in [2.75, 3.05) is 19.0 Å². The Labute approximate surface area is 124 Å². The van der Waals surface area contributed by atoms with Crippen molar-refractivity contribution in [3.63, 3.8) is 0 Å². The molecule has 110 valence electrons. The summed E-state index contributed by atoms with van der Waals surface area (Å²) in [5.74, 6) is -0.127. The fraction of sp³-hybridized carbons (Fsp3) is 0.250. The summed E-state index contributed by atoms with van der Waals surface area (Å²) in [6, 6.07) is 11.8. The maximum atomic E-state index is 11.8. The lowest BCUT2D eigenvalue weighted by atomic mass is 10.2. The first-order valence-corrected chi connectivity index (χ1v) is 6.76. The number of nitrogens with one attached hydrogen (secondary N) is 1. The van der Waals surface area contributed by atoms with Gasteiger partial charge in [-0.2, -0.15) is 5.10 Å². The maximum Gasteiger partial charge on any atom is 0.245 e. The Bertz CT molecular complexity index is 626. The molecule has 0 spiro atoms. The Morgan fingerprint density at radius 2 is 2.00 bits per heavy atom. The molecule has 0 saturated heterocycles. The Morgan fingerprint density at radius 1 is 1.29 bits per heavy atom. The van der Waals surface area contributed by atoms with Crippen LogP contribution in [0, 0.1) is 0 Å². The summed E-state index contributed by atoms with van der Waals surface area (Å²) >= 11 is 0. The van der Waals surface area contributed by atoms with Gasteiger partial charge in [0.05, 0.1) is 12.6 Å². The fourth-order valence-corrected chi connectivity index (χ4v) is 1.92. The lowest BCUT2D eigenvalue weighted by Gasteiger charge is -2.11. The van der Waals surface area contributed by atoms with Gasteiger partial charge >= 0.3 is 0 Å². The van der Waals surface area contributed by atoms with Crippen molar-refractivity contribution in [2.45, 2.75) is 6.42 Å². The Kier molecular flexibility index (Phi) is 4.77. The number of rotatable bonds is 5. The topological polar surface area (TPSA) is 49.6 Å². The summed E-state index contributed by atoms with van der Waals surface area (Å²) in [6.45, 7) is 0. The lowest BCUT2D eigenvalue weighted by Crippen LogP contribution is -2.20. The minimum absolute atomic E-state index is 0.127. The first kappa shape index (κ1) is 14.8. The van der Waals surface area contributed by atoms with Crippen LogP contribution in [0.15, 0.2) is 47.7 Å². The number of aromatic nitrogens is 1. The summed E-state index contributed by atoms with van der Waals surface area (Å²) in [4.78, 5) is 13.8. The Hall–Kier alpha value is -2.56. The van der Waals surface area contributed by atoms with Gasteiger partial charge in [-0.25, -0.2) is 5.43 Å². The van der Waals surface area contributed by atoms with Crippen molar-refractivity contribution in [3.8, 4) is 0 Å². The Morgan fingerprint density at radius 3 is 2.57 bits per heavy atom. The van der Waals surface area contributed by atoms with Gasteiger partial charge in [0, 0.05) is 38.7 Å². The number of benzene rings is 1. The monoisotopic (exact) mass is 284 g/mol. The van der Waals surface area contributed by atoms with Crippen molar-refractivity contribution >= 4 is 17.8 Å². The van der Waals surface area contributed by atoms with Gasteiger partial charge < -0.3 is 9.47 Å². The van der Waals surface area contributed by atoms with E-state index in [-0.39, 0.29) is 5.91 Å². The van der Waals surface area contributed by atoms with Crippen LogP contribution >= 0.6 is 0 Å². The number of aryl methyl sites for hydroxylation is 1. The molecule has 1 heterocycles. The van der Waals surface area contributed by atoms with E-state index >= 15 is 0 Å². The van der Waals surface area contributed by atoms with Crippen LogP contribution < -0.4 is 10.3 Å². The second-order valence-corrected chi connectivity index (χ2v) is 5.07. The normalized spacial score (nSPS) is 10.8. The first-order chi connectivity index (χ1) is 10.1. The highest BCUT2D eigenvalue weighted by Gasteiger charge is 2.04. The van der Waals surface area contributed by atoms with Gasteiger partial charge in [0.1, 0.15) is 0 Å². The van der Waals surface area contributed by atoms with Crippen LogP contribution in [0.3, 0.4) is 0 Å². The number of anilines is 1. The van der Waals surface area contributed by atoms with Crippen molar-refractivity contribution in [1.82, 2.24) is 9.99 Å². The van der Waals surface area contributed by atoms with Gasteiger partial charge in [-0.1, -0.05) is 12.1 Å². The maximum absolute atomic E-state index is 11.8. The van der Waals surface area contributed by atoms with Crippen LogP contribution in [0.2, 0.25) is 0 Å². The van der Waals surface area contributed by atoms with E-state index in [0.717, 1.165) is 16.9 Å². The molecule has 2 aromatic rings. The molecule has 0 aliphatic carbocycles. The number of hydrogen-bond donors (Lipinski definition) is 1. The lowest BCUT2D eigenvalue weighted by molar-refractivity contribution is -0.120. The van der Waals surface area contributed by atoms with E-state index in [1.165, 1.54) is 0 Å². The fourth-order valence-electron chi connectivity index (χ4n) is 1.92. The summed E-state index contributed by atoms with van der Waals surface area (Å²) in [6.07, 6.45) is 3.88. The van der Waals surface area contributed by atoms with Crippen LogP contribution in [-0.2, 0) is 18.3 Å². The van der Waals surface area contributed by atoms with E-state index in [9.17, 15) is 4.79 Å².